The number of hydrogen-bond acceptors (Lipinski definition) is 5. The van der Waals surface area contributed by atoms with E-state index in [1.165, 1.54) is 0 Å². The maximum Gasteiger partial charge on any atom is 0.198 e. The van der Waals surface area contributed by atoms with E-state index < -0.39 is 0 Å². The summed E-state index contributed by atoms with van der Waals surface area (Å²) in [6, 6.07) is 14.7. The first-order valence-corrected chi connectivity index (χ1v) is 9.64. The van der Waals surface area contributed by atoms with Crippen LogP contribution in [0.3, 0.4) is 0 Å². The van der Waals surface area contributed by atoms with Crippen LogP contribution in [0.2, 0.25) is 5.02 Å². The second kappa shape index (κ2) is 9.34. The molecular weight excluding hydrogens is 394 g/mol. The Morgan fingerprint density at radius 2 is 1.86 bits per heavy atom. The van der Waals surface area contributed by atoms with Crippen LogP contribution >= 0.6 is 23.8 Å². The standard InChI is InChI=1S/C18H14ClN5OS.C2H6/c19-12-3-5-13(6-4-12)22-18(26)23-15-10-11(7-9-20-15)17-24-16-14(25-17)2-1-8-21-16;1-2/h1-10,17H,(H,21,24)(H2,20,22,23,26);1-2H3. The molecule has 1 unspecified atom stereocenters. The summed E-state index contributed by atoms with van der Waals surface area (Å²) in [5.41, 5.74) is 1.75. The molecule has 0 amide bonds. The molecule has 0 saturated carbocycles. The van der Waals surface area contributed by atoms with Gasteiger partial charge in [0.15, 0.2) is 22.9 Å². The highest BCUT2D eigenvalue weighted by Gasteiger charge is 2.24. The highest BCUT2D eigenvalue weighted by molar-refractivity contribution is 7.80. The molecule has 8 heteroatoms. The average molecular weight is 414 g/mol. The summed E-state index contributed by atoms with van der Waals surface area (Å²) >= 11 is 11.2. The first-order chi connectivity index (χ1) is 13.7. The van der Waals surface area contributed by atoms with Crippen molar-refractivity contribution in [2.45, 2.75) is 20.1 Å². The van der Waals surface area contributed by atoms with Crippen LogP contribution in [0.1, 0.15) is 25.6 Å². The minimum Gasteiger partial charge on any atom is -0.463 e. The SMILES string of the molecule is CC.S=C(Nc1ccc(Cl)cc1)Nc1cc(C2Nc3ncccc3O2)ccn1. The minimum atomic E-state index is -0.318. The van der Waals surface area contributed by atoms with E-state index in [1.807, 2.05) is 50.2 Å². The average Bonchev–Trinajstić information content (AvgIpc) is 3.16. The van der Waals surface area contributed by atoms with Crippen molar-refractivity contribution in [1.29, 1.82) is 0 Å². The Morgan fingerprint density at radius 3 is 2.61 bits per heavy atom. The van der Waals surface area contributed by atoms with Gasteiger partial charge in [-0.1, -0.05) is 25.4 Å². The second-order valence-electron chi connectivity index (χ2n) is 5.55. The lowest BCUT2D eigenvalue weighted by Crippen LogP contribution is -2.20. The Hall–Kier alpha value is -2.90. The van der Waals surface area contributed by atoms with Crippen molar-refractivity contribution in [3.63, 3.8) is 0 Å². The molecule has 4 rings (SSSR count). The first-order valence-electron chi connectivity index (χ1n) is 8.85. The molecule has 0 saturated heterocycles. The van der Waals surface area contributed by atoms with Gasteiger partial charge in [0.05, 0.1) is 0 Å². The van der Waals surface area contributed by atoms with Crippen molar-refractivity contribution in [3.05, 3.63) is 71.5 Å². The molecule has 1 atom stereocenters. The van der Waals surface area contributed by atoms with Crippen LogP contribution in [-0.2, 0) is 0 Å². The maximum atomic E-state index is 5.88. The molecular formula is C20H20ClN5OS. The number of nitrogens with one attached hydrogen (secondary N) is 3. The minimum absolute atomic E-state index is 0.318. The molecule has 3 N–H and O–H groups in total. The summed E-state index contributed by atoms with van der Waals surface area (Å²) in [7, 11) is 0. The zero-order valence-electron chi connectivity index (χ0n) is 15.4. The number of fused-ring (bicyclic) bond motifs is 1. The van der Waals surface area contributed by atoms with Gasteiger partial charge >= 0.3 is 0 Å². The molecule has 1 aromatic carbocycles. The van der Waals surface area contributed by atoms with Crippen LogP contribution in [0, 0.1) is 0 Å². The van der Waals surface area contributed by atoms with Crippen LogP contribution in [0.15, 0.2) is 60.9 Å². The Morgan fingerprint density at radius 1 is 1.07 bits per heavy atom. The van der Waals surface area contributed by atoms with E-state index in [0.717, 1.165) is 22.8 Å². The van der Waals surface area contributed by atoms with E-state index in [1.54, 1.807) is 24.5 Å². The molecule has 6 nitrogen and oxygen atoms in total. The van der Waals surface area contributed by atoms with E-state index in [2.05, 4.69) is 25.9 Å². The van der Waals surface area contributed by atoms with Crippen LogP contribution in [0.4, 0.5) is 17.3 Å². The number of halogens is 1. The van der Waals surface area contributed by atoms with Crippen molar-refractivity contribution in [2.75, 3.05) is 16.0 Å². The Labute approximate surface area is 174 Å². The van der Waals surface area contributed by atoms with Crippen molar-refractivity contribution < 1.29 is 4.74 Å². The van der Waals surface area contributed by atoms with Gasteiger partial charge in [-0.2, -0.15) is 0 Å². The molecule has 0 spiro atoms. The lowest BCUT2D eigenvalue weighted by Gasteiger charge is -2.14. The Balaban J connectivity index is 0.00000109. The van der Waals surface area contributed by atoms with Crippen molar-refractivity contribution in [2.24, 2.45) is 0 Å². The van der Waals surface area contributed by atoms with E-state index in [-0.39, 0.29) is 6.23 Å². The molecule has 0 radical (unpaired) electrons. The van der Waals surface area contributed by atoms with Gasteiger partial charge < -0.3 is 20.7 Å². The highest BCUT2D eigenvalue weighted by atomic mass is 35.5. The zero-order valence-corrected chi connectivity index (χ0v) is 17.0. The number of aromatic nitrogens is 2. The molecule has 0 bridgehead atoms. The van der Waals surface area contributed by atoms with Gasteiger partial charge in [-0.05, 0) is 60.7 Å². The summed E-state index contributed by atoms with van der Waals surface area (Å²) in [6.07, 6.45) is 3.10. The fourth-order valence-electron chi connectivity index (χ4n) is 2.52. The fourth-order valence-corrected chi connectivity index (χ4v) is 2.86. The zero-order chi connectivity index (χ0) is 19.9. The number of anilines is 3. The molecule has 3 aromatic rings. The number of hydrogen-bond donors (Lipinski definition) is 3. The summed E-state index contributed by atoms with van der Waals surface area (Å²) in [6.45, 7) is 4.00. The summed E-state index contributed by atoms with van der Waals surface area (Å²) in [4.78, 5) is 8.55. The van der Waals surface area contributed by atoms with E-state index in [4.69, 9.17) is 28.6 Å². The van der Waals surface area contributed by atoms with Gasteiger partial charge in [-0.15, -0.1) is 0 Å². The van der Waals surface area contributed by atoms with Gasteiger partial charge in [-0.25, -0.2) is 9.97 Å². The lowest BCUT2D eigenvalue weighted by molar-refractivity contribution is 0.260. The van der Waals surface area contributed by atoms with Gasteiger partial charge in [0.25, 0.3) is 0 Å². The first kappa shape index (κ1) is 19.9. The van der Waals surface area contributed by atoms with Crippen LogP contribution in [0.5, 0.6) is 5.75 Å². The fraction of sp³-hybridized carbons (Fsp3) is 0.150. The molecule has 2 aromatic heterocycles. The van der Waals surface area contributed by atoms with E-state index in [9.17, 15) is 0 Å². The molecule has 0 fully saturated rings. The molecule has 3 heterocycles. The molecule has 0 aliphatic carbocycles. The number of benzene rings is 1. The molecule has 28 heavy (non-hydrogen) atoms. The second-order valence-corrected chi connectivity index (χ2v) is 6.40. The molecule has 144 valence electrons. The third-order valence-electron chi connectivity index (χ3n) is 3.71. The van der Waals surface area contributed by atoms with Crippen molar-refractivity contribution >= 4 is 46.3 Å². The monoisotopic (exact) mass is 413 g/mol. The van der Waals surface area contributed by atoms with Gasteiger partial charge in [0.1, 0.15) is 5.82 Å². The van der Waals surface area contributed by atoms with E-state index in [0.29, 0.717) is 16.0 Å². The van der Waals surface area contributed by atoms with Crippen LogP contribution in [-0.4, -0.2) is 15.1 Å². The van der Waals surface area contributed by atoms with Gasteiger partial charge in [0, 0.05) is 28.7 Å². The number of nitrogens with zero attached hydrogens (tertiary/aromatic N) is 2. The Kier molecular flexibility index (Phi) is 6.62. The Bertz CT molecular complexity index is 926. The third kappa shape index (κ3) is 4.88. The number of ether oxygens (including phenoxy) is 1. The number of thiocarbonyl (C=S) groups is 1. The maximum absolute atomic E-state index is 5.88. The third-order valence-corrected chi connectivity index (χ3v) is 4.17. The highest BCUT2D eigenvalue weighted by Crippen LogP contribution is 2.35. The predicted molar refractivity (Wildman–Crippen MR) is 118 cm³/mol. The van der Waals surface area contributed by atoms with Crippen LogP contribution < -0.4 is 20.7 Å². The number of rotatable bonds is 3. The largest absolute Gasteiger partial charge is 0.463 e. The number of pyridine rings is 2. The van der Waals surface area contributed by atoms with Crippen LogP contribution in [0.25, 0.3) is 0 Å². The smallest absolute Gasteiger partial charge is 0.198 e. The van der Waals surface area contributed by atoms with Crippen molar-refractivity contribution in [1.82, 2.24) is 9.97 Å². The summed E-state index contributed by atoms with van der Waals surface area (Å²) < 4.78 is 5.87. The topological polar surface area (TPSA) is 71.1 Å². The van der Waals surface area contributed by atoms with Crippen molar-refractivity contribution in [3.8, 4) is 5.75 Å². The predicted octanol–water partition coefficient (Wildman–Crippen LogP) is 5.47. The summed E-state index contributed by atoms with van der Waals surface area (Å²) in [5, 5.41) is 10.5. The lowest BCUT2D eigenvalue weighted by atomic mass is 10.2. The molecule has 1 aliphatic heterocycles. The summed E-state index contributed by atoms with van der Waals surface area (Å²) in [5.74, 6) is 2.07. The molecule has 1 aliphatic rings. The normalized spacial score (nSPS) is 13.9. The van der Waals surface area contributed by atoms with E-state index >= 15 is 0 Å². The quantitative estimate of drug-likeness (QED) is 0.492. The van der Waals surface area contributed by atoms with Gasteiger partial charge in [-0.3, -0.25) is 0 Å². The van der Waals surface area contributed by atoms with Gasteiger partial charge in [0.2, 0.25) is 0 Å².